The van der Waals surface area contributed by atoms with Gasteiger partial charge in [-0.2, -0.15) is 0 Å². The number of hydrogen-bond donors (Lipinski definition) is 2. The first-order valence-electron chi connectivity index (χ1n) is 7.56. The molecule has 2 fully saturated rings. The zero-order chi connectivity index (χ0) is 15.0. The number of piperidine rings is 1. The minimum atomic E-state index is -0.895. The summed E-state index contributed by atoms with van der Waals surface area (Å²) in [7, 11) is 0. The van der Waals surface area contributed by atoms with Crippen molar-refractivity contribution in [3.05, 3.63) is 35.1 Å². The molecule has 114 valence electrons. The Hall–Kier alpha value is -1.62. The molecule has 2 aliphatic rings. The summed E-state index contributed by atoms with van der Waals surface area (Å²) in [6, 6.07) is 5.40. The lowest BCUT2D eigenvalue weighted by Crippen LogP contribution is -2.47. The third-order valence-corrected chi connectivity index (χ3v) is 4.49. The molecule has 1 saturated carbocycles. The van der Waals surface area contributed by atoms with E-state index in [1.54, 1.807) is 6.07 Å². The topological polar surface area (TPSA) is 52.6 Å². The fourth-order valence-corrected chi connectivity index (χ4v) is 3.24. The second-order valence-electron chi connectivity index (χ2n) is 6.15. The Bertz CT molecular complexity index is 545. The van der Waals surface area contributed by atoms with Crippen LogP contribution in [0.25, 0.3) is 0 Å². The SMILES string of the molecule is Cc1cc(F)ccc1[C@H]1C[C@@H](NC2CC2)CCN1C(=O)O. The predicted octanol–water partition coefficient (Wildman–Crippen LogP) is 3.07. The smallest absolute Gasteiger partial charge is 0.407 e. The van der Waals surface area contributed by atoms with Crippen LogP contribution in [-0.2, 0) is 0 Å². The molecule has 0 spiro atoms. The Balaban J connectivity index is 1.83. The zero-order valence-electron chi connectivity index (χ0n) is 12.2. The van der Waals surface area contributed by atoms with Gasteiger partial charge >= 0.3 is 6.09 Å². The van der Waals surface area contributed by atoms with Crippen molar-refractivity contribution in [3.63, 3.8) is 0 Å². The third-order valence-electron chi connectivity index (χ3n) is 4.49. The van der Waals surface area contributed by atoms with Gasteiger partial charge in [0.1, 0.15) is 5.82 Å². The Kier molecular flexibility index (Phi) is 3.85. The van der Waals surface area contributed by atoms with Crippen LogP contribution in [0.3, 0.4) is 0 Å². The molecular weight excluding hydrogens is 271 g/mol. The Labute approximate surface area is 124 Å². The first-order chi connectivity index (χ1) is 10.0. The van der Waals surface area contributed by atoms with Crippen LogP contribution in [0.4, 0.5) is 9.18 Å². The van der Waals surface area contributed by atoms with Gasteiger partial charge in [-0.3, -0.25) is 0 Å². The van der Waals surface area contributed by atoms with Crippen molar-refractivity contribution in [2.75, 3.05) is 6.54 Å². The number of benzene rings is 1. The van der Waals surface area contributed by atoms with Crippen molar-refractivity contribution < 1.29 is 14.3 Å². The van der Waals surface area contributed by atoms with E-state index in [0.29, 0.717) is 18.6 Å². The zero-order valence-corrected chi connectivity index (χ0v) is 12.2. The highest BCUT2D eigenvalue weighted by Gasteiger charge is 2.35. The second kappa shape index (κ2) is 5.64. The summed E-state index contributed by atoms with van der Waals surface area (Å²) in [6.45, 7) is 2.37. The molecule has 3 rings (SSSR count). The highest BCUT2D eigenvalue weighted by atomic mass is 19.1. The summed E-state index contributed by atoms with van der Waals surface area (Å²) in [4.78, 5) is 13.0. The second-order valence-corrected chi connectivity index (χ2v) is 6.15. The normalized spacial score (nSPS) is 25.9. The van der Waals surface area contributed by atoms with Gasteiger partial charge in [-0.25, -0.2) is 9.18 Å². The molecule has 0 bridgehead atoms. The van der Waals surface area contributed by atoms with Gasteiger partial charge in [0.2, 0.25) is 0 Å². The van der Waals surface area contributed by atoms with Crippen molar-refractivity contribution in [3.8, 4) is 0 Å². The van der Waals surface area contributed by atoms with E-state index < -0.39 is 6.09 Å². The first-order valence-corrected chi connectivity index (χ1v) is 7.56. The average molecular weight is 292 g/mol. The van der Waals surface area contributed by atoms with Gasteiger partial charge in [-0.05, 0) is 55.9 Å². The molecule has 0 radical (unpaired) electrons. The monoisotopic (exact) mass is 292 g/mol. The highest BCUT2D eigenvalue weighted by Crippen LogP contribution is 2.34. The fourth-order valence-electron chi connectivity index (χ4n) is 3.24. The van der Waals surface area contributed by atoms with E-state index >= 15 is 0 Å². The summed E-state index contributed by atoms with van der Waals surface area (Å²) in [5.74, 6) is -0.276. The summed E-state index contributed by atoms with van der Waals surface area (Å²) in [5, 5.41) is 13.0. The van der Waals surface area contributed by atoms with Crippen molar-refractivity contribution in [1.29, 1.82) is 0 Å². The number of aryl methyl sites for hydroxylation is 1. The number of carboxylic acid groups (broad SMARTS) is 1. The van der Waals surface area contributed by atoms with Crippen LogP contribution in [0.2, 0.25) is 0 Å². The molecular formula is C16H21FN2O2. The van der Waals surface area contributed by atoms with E-state index in [4.69, 9.17) is 0 Å². The Morgan fingerprint density at radius 1 is 1.33 bits per heavy atom. The van der Waals surface area contributed by atoms with Gasteiger partial charge in [0.15, 0.2) is 0 Å². The van der Waals surface area contributed by atoms with Gasteiger partial charge in [0.05, 0.1) is 6.04 Å². The molecule has 1 aliphatic heterocycles. The number of nitrogens with zero attached hydrogens (tertiary/aromatic N) is 1. The summed E-state index contributed by atoms with van der Waals surface area (Å²) in [5.41, 5.74) is 1.74. The Morgan fingerprint density at radius 3 is 2.71 bits per heavy atom. The van der Waals surface area contributed by atoms with Crippen LogP contribution in [0, 0.1) is 12.7 Å². The van der Waals surface area contributed by atoms with Gasteiger partial charge in [-0.1, -0.05) is 6.07 Å². The maximum Gasteiger partial charge on any atom is 0.407 e. The lowest BCUT2D eigenvalue weighted by molar-refractivity contribution is 0.0959. The molecule has 0 unspecified atom stereocenters. The maximum atomic E-state index is 13.3. The van der Waals surface area contributed by atoms with Crippen molar-refractivity contribution in [2.45, 2.75) is 50.7 Å². The average Bonchev–Trinajstić information content (AvgIpc) is 3.22. The summed E-state index contributed by atoms with van der Waals surface area (Å²) in [6.07, 6.45) is 3.15. The Morgan fingerprint density at radius 2 is 2.10 bits per heavy atom. The van der Waals surface area contributed by atoms with Gasteiger partial charge in [-0.15, -0.1) is 0 Å². The summed E-state index contributed by atoms with van der Waals surface area (Å²) >= 11 is 0. The molecule has 1 aromatic rings. The van der Waals surface area contributed by atoms with E-state index in [1.165, 1.54) is 29.9 Å². The van der Waals surface area contributed by atoms with Crippen LogP contribution in [0.5, 0.6) is 0 Å². The quantitative estimate of drug-likeness (QED) is 0.900. The molecule has 1 aliphatic carbocycles. The molecule has 5 heteroatoms. The van der Waals surface area contributed by atoms with Crippen LogP contribution in [-0.4, -0.2) is 34.7 Å². The summed E-state index contributed by atoms with van der Waals surface area (Å²) < 4.78 is 13.3. The number of hydrogen-bond acceptors (Lipinski definition) is 2. The molecule has 1 saturated heterocycles. The minimum Gasteiger partial charge on any atom is -0.465 e. The molecule has 1 amide bonds. The van der Waals surface area contributed by atoms with E-state index in [1.807, 2.05) is 6.92 Å². The van der Waals surface area contributed by atoms with Gasteiger partial charge in [0.25, 0.3) is 0 Å². The molecule has 1 aromatic carbocycles. The molecule has 2 atom stereocenters. The highest BCUT2D eigenvalue weighted by molar-refractivity contribution is 5.66. The molecule has 0 aromatic heterocycles. The largest absolute Gasteiger partial charge is 0.465 e. The number of carbonyl (C=O) groups is 1. The van der Waals surface area contributed by atoms with Crippen LogP contribution < -0.4 is 5.32 Å². The maximum absolute atomic E-state index is 13.3. The van der Waals surface area contributed by atoms with Crippen LogP contribution in [0.15, 0.2) is 18.2 Å². The first kappa shape index (κ1) is 14.3. The number of halogens is 1. The number of likely N-dealkylation sites (tertiary alicyclic amines) is 1. The van der Waals surface area contributed by atoms with Crippen LogP contribution in [0.1, 0.15) is 42.9 Å². The number of rotatable bonds is 3. The minimum absolute atomic E-state index is 0.187. The van der Waals surface area contributed by atoms with Crippen LogP contribution >= 0.6 is 0 Å². The van der Waals surface area contributed by atoms with Gasteiger partial charge in [0, 0.05) is 18.6 Å². The number of amides is 1. The molecule has 2 N–H and O–H groups in total. The van der Waals surface area contributed by atoms with Crippen molar-refractivity contribution in [2.24, 2.45) is 0 Å². The fraction of sp³-hybridized carbons (Fsp3) is 0.562. The molecule has 21 heavy (non-hydrogen) atoms. The van der Waals surface area contributed by atoms with E-state index in [0.717, 1.165) is 24.0 Å². The van der Waals surface area contributed by atoms with Gasteiger partial charge < -0.3 is 15.3 Å². The van der Waals surface area contributed by atoms with Crippen molar-refractivity contribution >= 4 is 6.09 Å². The standard InChI is InChI=1S/C16H21FN2O2/c1-10-8-11(17)2-5-14(10)15-9-13(18-12-3-4-12)6-7-19(15)16(20)21/h2,5,8,12-13,15,18H,3-4,6-7,9H2,1H3,(H,20,21)/t13-,15+/m0/s1. The van der Waals surface area contributed by atoms with Crippen molar-refractivity contribution in [1.82, 2.24) is 10.2 Å². The molecule has 4 nitrogen and oxygen atoms in total. The molecule has 1 heterocycles. The lowest BCUT2D eigenvalue weighted by Gasteiger charge is -2.39. The van der Waals surface area contributed by atoms with E-state index in [2.05, 4.69) is 5.32 Å². The predicted molar refractivity (Wildman–Crippen MR) is 77.8 cm³/mol. The third kappa shape index (κ3) is 3.18. The van der Waals surface area contributed by atoms with E-state index in [-0.39, 0.29) is 11.9 Å². The van der Waals surface area contributed by atoms with E-state index in [9.17, 15) is 14.3 Å². The lowest BCUT2D eigenvalue weighted by atomic mass is 9.89. The number of nitrogens with one attached hydrogen (secondary N) is 1.